The molecule has 1 aliphatic heterocycles. The third-order valence-corrected chi connectivity index (χ3v) is 4.88. The van der Waals surface area contributed by atoms with Crippen LogP contribution in [0.3, 0.4) is 0 Å². The molecule has 138 valence electrons. The molecule has 6 heteroatoms. The first kappa shape index (κ1) is 18.4. The largest absolute Gasteiger partial charge is 0.496 e. The molecule has 0 aliphatic carbocycles. The second-order valence-electron chi connectivity index (χ2n) is 6.76. The first-order valence-corrected chi connectivity index (χ1v) is 8.78. The Morgan fingerprint density at radius 1 is 1.31 bits per heavy atom. The fourth-order valence-electron chi connectivity index (χ4n) is 3.49. The van der Waals surface area contributed by atoms with E-state index in [1.165, 1.54) is 5.56 Å². The van der Waals surface area contributed by atoms with Gasteiger partial charge in [-0.3, -0.25) is 14.7 Å². The number of carbonyl (C=O) groups is 1. The number of hydrogen-bond acceptors (Lipinski definition) is 5. The molecule has 26 heavy (non-hydrogen) atoms. The summed E-state index contributed by atoms with van der Waals surface area (Å²) in [5, 5.41) is 12.8. The van der Waals surface area contributed by atoms with Crippen LogP contribution in [0.1, 0.15) is 21.5 Å². The van der Waals surface area contributed by atoms with Gasteiger partial charge in [-0.15, -0.1) is 0 Å². The van der Waals surface area contributed by atoms with Crippen LogP contribution in [0.5, 0.6) is 5.75 Å². The molecule has 2 heterocycles. The number of aryl methyl sites for hydroxylation is 1. The Kier molecular flexibility index (Phi) is 5.85. The maximum absolute atomic E-state index is 12.4. The third kappa shape index (κ3) is 4.20. The van der Waals surface area contributed by atoms with E-state index in [4.69, 9.17) is 4.74 Å². The number of benzene rings is 1. The van der Waals surface area contributed by atoms with Crippen molar-refractivity contribution >= 4 is 5.91 Å². The van der Waals surface area contributed by atoms with E-state index >= 15 is 0 Å². The van der Waals surface area contributed by atoms with Gasteiger partial charge < -0.3 is 15.2 Å². The summed E-state index contributed by atoms with van der Waals surface area (Å²) in [6.45, 7) is 4.33. The van der Waals surface area contributed by atoms with Crippen LogP contribution >= 0.6 is 0 Å². The van der Waals surface area contributed by atoms with Crippen LogP contribution in [0.2, 0.25) is 0 Å². The van der Waals surface area contributed by atoms with Crippen LogP contribution in [-0.4, -0.2) is 53.7 Å². The lowest BCUT2D eigenvalue weighted by atomic mass is 10.0. The number of amides is 1. The fourth-order valence-corrected chi connectivity index (χ4v) is 3.49. The molecule has 1 aromatic heterocycles. The first-order valence-electron chi connectivity index (χ1n) is 8.78. The molecule has 2 N–H and O–H groups in total. The summed E-state index contributed by atoms with van der Waals surface area (Å²) in [7, 11) is 1.67. The van der Waals surface area contributed by atoms with Crippen molar-refractivity contribution in [2.45, 2.75) is 19.5 Å². The topological polar surface area (TPSA) is 74.7 Å². The van der Waals surface area contributed by atoms with Gasteiger partial charge in [0.1, 0.15) is 5.75 Å². The summed E-state index contributed by atoms with van der Waals surface area (Å²) in [6.07, 6.45) is 3.21. The Bertz CT molecular complexity index is 751. The summed E-state index contributed by atoms with van der Waals surface area (Å²) in [5.74, 6) is 0.782. The van der Waals surface area contributed by atoms with Crippen molar-refractivity contribution in [3.63, 3.8) is 0 Å². The van der Waals surface area contributed by atoms with Crippen LogP contribution < -0.4 is 10.1 Å². The summed E-state index contributed by atoms with van der Waals surface area (Å²) in [4.78, 5) is 18.6. The molecule has 0 bridgehead atoms. The van der Waals surface area contributed by atoms with Crippen molar-refractivity contribution in [3.8, 4) is 5.75 Å². The van der Waals surface area contributed by atoms with Gasteiger partial charge >= 0.3 is 0 Å². The SMILES string of the molecule is COc1ccc(CN2C[C@@H](CO)[C@H](NC(=O)c3ccncc3)C2)cc1C. The van der Waals surface area contributed by atoms with E-state index < -0.39 is 0 Å². The highest BCUT2D eigenvalue weighted by Crippen LogP contribution is 2.23. The Balaban J connectivity index is 1.63. The van der Waals surface area contributed by atoms with E-state index in [1.54, 1.807) is 31.6 Å². The van der Waals surface area contributed by atoms with E-state index in [0.717, 1.165) is 24.4 Å². The molecule has 2 aromatic rings. The third-order valence-electron chi connectivity index (χ3n) is 4.88. The highest BCUT2D eigenvalue weighted by Gasteiger charge is 2.33. The molecule has 1 fully saturated rings. The maximum atomic E-state index is 12.4. The maximum Gasteiger partial charge on any atom is 0.251 e. The van der Waals surface area contributed by atoms with E-state index in [9.17, 15) is 9.90 Å². The monoisotopic (exact) mass is 355 g/mol. The average Bonchev–Trinajstić information content (AvgIpc) is 3.04. The number of methoxy groups -OCH3 is 1. The van der Waals surface area contributed by atoms with E-state index in [-0.39, 0.29) is 24.5 Å². The zero-order valence-electron chi connectivity index (χ0n) is 15.2. The lowest BCUT2D eigenvalue weighted by Crippen LogP contribution is -2.41. The molecule has 0 radical (unpaired) electrons. The van der Waals surface area contributed by atoms with Crippen molar-refractivity contribution < 1.29 is 14.6 Å². The van der Waals surface area contributed by atoms with Gasteiger partial charge in [0.2, 0.25) is 0 Å². The number of likely N-dealkylation sites (tertiary alicyclic amines) is 1. The minimum Gasteiger partial charge on any atom is -0.496 e. The van der Waals surface area contributed by atoms with Gasteiger partial charge in [-0.05, 0) is 36.2 Å². The van der Waals surface area contributed by atoms with Crippen LogP contribution in [0, 0.1) is 12.8 Å². The van der Waals surface area contributed by atoms with Crippen molar-refractivity contribution in [3.05, 3.63) is 59.4 Å². The summed E-state index contributed by atoms with van der Waals surface area (Å²) in [6, 6.07) is 9.47. The van der Waals surface area contributed by atoms with Gasteiger partial charge in [-0.2, -0.15) is 0 Å². The van der Waals surface area contributed by atoms with Gasteiger partial charge in [-0.1, -0.05) is 12.1 Å². The number of rotatable bonds is 6. The van der Waals surface area contributed by atoms with E-state index in [0.29, 0.717) is 12.1 Å². The number of aliphatic hydroxyl groups excluding tert-OH is 1. The Morgan fingerprint density at radius 3 is 2.73 bits per heavy atom. The molecular formula is C20H25N3O3. The average molecular weight is 355 g/mol. The molecule has 1 aromatic carbocycles. The van der Waals surface area contributed by atoms with Gasteiger partial charge in [0, 0.05) is 56.2 Å². The molecular weight excluding hydrogens is 330 g/mol. The Labute approximate surface area is 153 Å². The highest BCUT2D eigenvalue weighted by atomic mass is 16.5. The summed E-state index contributed by atoms with van der Waals surface area (Å²) < 4.78 is 5.31. The number of carbonyl (C=O) groups excluding carboxylic acids is 1. The van der Waals surface area contributed by atoms with Gasteiger partial charge in [-0.25, -0.2) is 0 Å². The lowest BCUT2D eigenvalue weighted by Gasteiger charge is -2.18. The standard InChI is InChI=1S/C20H25N3O3/c1-14-9-15(3-4-19(14)26-2)10-23-11-17(13-24)18(12-23)22-20(25)16-5-7-21-8-6-16/h3-9,17-18,24H,10-13H2,1-2H3,(H,22,25)/t17-,18+/m0/s1. The fraction of sp³-hybridized carbons (Fsp3) is 0.400. The van der Waals surface area contributed by atoms with Crippen LogP contribution in [0.25, 0.3) is 0 Å². The normalized spacial score (nSPS) is 20.1. The number of hydrogen-bond donors (Lipinski definition) is 2. The van der Waals surface area contributed by atoms with Gasteiger partial charge in [0.15, 0.2) is 0 Å². The Hall–Kier alpha value is -2.44. The molecule has 0 spiro atoms. The molecule has 2 atom stereocenters. The second kappa shape index (κ2) is 8.29. The smallest absolute Gasteiger partial charge is 0.251 e. The van der Waals surface area contributed by atoms with E-state index in [1.807, 2.05) is 13.0 Å². The van der Waals surface area contributed by atoms with Gasteiger partial charge in [0.25, 0.3) is 5.91 Å². The minimum atomic E-state index is -0.127. The van der Waals surface area contributed by atoms with Crippen molar-refractivity contribution in [1.29, 1.82) is 0 Å². The first-order chi connectivity index (χ1) is 12.6. The lowest BCUT2D eigenvalue weighted by molar-refractivity contribution is 0.0921. The van der Waals surface area contributed by atoms with Crippen LogP contribution in [0.15, 0.2) is 42.7 Å². The predicted octanol–water partition coefficient (Wildman–Crippen LogP) is 1.62. The van der Waals surface area contributed by atoms with Crippen molar-refractivity contribution in [2.75, 3.05) is 26.8 Å². The number of nitrogens with zero attached hydrogens (tertiary/aromatic N) is 2. The molecule has 1 amide bonds. The molecule has 1 saturated heterocycles. The molecule has 3 rings (SSSR count). The van der Waals surface area contributed by atoms with E-state index in [2.05, 4.69) is 27.3 Å². The van der Waals surface area contributed by atoms with Gasteiger partial charge in [0.05, 0.1) is 7.11 Å². The summed E-state index contributed by atoms with van der Waals surface area (Å²) >= 11 is 0. The van der Waals surface area contributed by atoms with Crippen LogP contribution in [0.4, 0.5) is 0 Å². The highest BCUT2D eigenvalue weighted by molar-refractivity contribution is 5.94. The minimum absolute atomic E-state index is 0.0279. The Morgan fingerprint density at radius 2 is 2.08 bits per heavy atom. The number of ether oxygens (including phenoxy) is 1. The predicted molar refractivity (Wildman–Crippen MR) is 99.1 cm³/mol. The quantitative estimate of drug-likeness (QED) is 0.824. The molecule has 1 aliphatic rings. The molecule has 0 saturated carbocycles. The number of aromatic nitrogens is 1. The number of nitrogens with one attached hydrogen (secondary N) is 1. The zero-order chi connectivity index (χ0) is 18.5. The second-order valence-corrected chi connectivity index (χ2v) is 6.76. The van der Waals surface area contributed by atoms with Crippen molar-refractivity contribution in [2.24, 2.45) is 5.92 Å². The molecule has 6 nitrogen and oxygen atoms in total. The number of pyridine rings is 1. The van der Waals surface area contributed by atoms with Crippen molar-refractivity contribution in [1.82, 2.24) is 15.2 Å². The van der Waals surface area contributed by atoms with Crippen LogP contribution in [-0.2, 0) is 6.54 Å². The molecule has 0 unspecified atom stereocenters. The number of aliphatic hydroxyl groups is 1. The summed E-state index contributed by atoms with van der Waals surface area (Å²) in [5.41, 5.74) is 2.88. The zero-order valence-corrected chi connectivity index (χ0v) is 15.2.